The zero-order chi connectivity index (χ0) is 20.9. The van der Waals surface area contributed by atoms with E-state index >= 15 is 0 Å². The van der Waals surface area contributed by atoms with E-state index in [0.717, 1.165) is 27.9 Å². The van der Waals surface area contributed by atoms with Crippen LogP contribution in [0.3, 0.4) is 0 Å². The molecule has 4 rings (SSSR count). The highest BCUT2D eigenvalue weighted by molar-refractivity contribution is 6.01. The van der Waals surface area contributed by atoms with Crippen LogP contribution in [0.1, 0.15) is 18.2 Å². The molecule has 4 aromatic rings. The zero-order valence-corrected chi connectivity index (χ0v) is 16.9. The monoisotopic (exact) mass is 398 g/mol. The molecule has 0 bridgehead atoms. The van der Waals surface area contributed by atoms with Crippen LogP contribution in [0.25, 0.3) is 22.8 Å². The van der Waals surface area contributed by atoms with E-state index in [9.17, 15) is 4.79 Å². The maximum Gasteiger partial charge on any atom is 0.249 e. The minimum Gasteiger partial charge on any atom is -0.494 e. The molecule has 30 heavy (non-hydrogen) atoms. The Kier molecular flexibility index (Phi) is 5.57. The van der Waals surface area contributed by atoms with Crippen LogP contribution < -0.4 is 10.1 Å². The SMILES string of the molecule is CCOc1ccc(/C=C/C(=O)Nc2cc(C)nn2-c2ccc3ccccc3n2)cc1. The van der Waals surface area contributed by atoms with Crippen molar-refractivity contribution < 1.29 is 9.53 Å². The van der Waals surface area contributed by atoms with Crippen LogP contribution in [0, 0.1) is 6.92 Å². The zero-order valence-electron chi connectivity index (χ0n) is 16.9. The molecule has 2 heterocycles. The first-order valence-corrected chi connectivity index (χ1v) is 9.77. The van der Waals surface area contributed by atoms with Crippen molar-refractivity contribution in [2.45, 2.75) is 13.8 Å². The first-order valence-electron chi connectivity index (χ1n) is 9.77. The molecule has 1 amide bonds. The molecule has 0 radical (unpaired) electrons. The van der Waals surface area contributed by atoms with Crippen LogP contribution in [0.2, 0.25) is 0 Å². The molecule has 0 fully saturated rings. The number of aromatic nitrogens is 3. The second-order valence-electron chi connectivity index (χ2n) is 6.77. The number of hydrogen-bond donors (Lipinski definition) is 1. The average Bonchev–Trinajstić information content (AvgIpc) is 3.13. The first kappa shape index (κ1) is 19.4. The van der Waals surface area contributed by atoms with Gasteiger partial charge in [0.25, 0.3) is 0 Å². The van der Waals surface area contributed by atoms with Gasteiger partial charge in [-0.3, -0.25) is 4.79 Å². The lowest BCUT2D eigenvalue weighted by Gasteiger charge is -2.08. The lowest BCUT2D eigenvalue weighted by molar-refractivity contribution is -0.111. The van der Waals surface area contributed by atoms with Gasteiger partial charge in [0.05, 0.1) is 17.8 Å². The predicted octanol–water partition coefficient (Wildman–Crippen LogP) is 4.78. The smallest absolute Gasteiger partial charge is 0.249 e. The summed E-state index contributed by atoms with van der Waals surface area (Å²) in [5.41, 5.74) is 2.57. The molecule has 0 aliphatic rings. The molecule has 0 aliphatic heterocycles. The summed E-state index contributed by atoms with van der Waals surface area (Å²) in [6.45, 7) is 4.44. The van der Waals surface area contributed by atoms with E-state index in [1.165, 1.54) is 6.08 Å². The third kappa shape index (κ3) is 4.38. The molecule has 0 unspecified atom stereocenters. The molecule has 2 aromatic heterocycles. The molecule has 2 aromatic carbocycles. The summed E-state index contributed by atoms with van der Waals surface area (Å²) in [7, 11) is 0. The number of aryl methyl sites for hydroxylation is 1. The Labute approximate surface area is 174 Å². The summed E-state index contributed by atoms with van der Waals surface area (Å²) in [6, 6.07) is 21.2. The molecular weight excluding hydrogens is 376 g/mol. The van der Waals surface area contributed by atoms with Gasteiger partial charge >= 0.3 is 0 Å². The Bertz CT molecular complexity index is 1210. The number of hydrogen-bond acceptors (Lipinski definition) is 4. The van der Waals surface area contributed by atoms with E-state index in [0.29, 0.717) is 18.2 Å². The summed E-state index contributed by atoms with van der Waals surface area (Å²) >= 11 is 0. The number of carbonyl (C=O) groups excluding carboxylic acids is 1. The van der Waals surface area contributed by atoms with Crippen molar-refractivity contribution in [1.82, 2.24) is 14.8 Å². The van der Waals surface area contributed by atoms with Crippen molar-refractivity contribution in [2.75, 3.05) is 11.9 Å². The fourth-order valence-corrected chi connectivity index (χ4v) is 3.12. The predicted molar refractivity (Wildman–Crippen MR) is 119 cm³/mol. The molecule has 0 saturated heterocycles. The lowest BCUT2D eigenvalue weighted by Crippen LogP contribution is -2.13. The fourth-order valence-electron chi connectivity index (χ4n) is 3.12. The third-order valence-electron chi connectivity index (χ3n) is 4.50. The number of carbonyl (C=O) groups is 1. The Morgan fingerprint density at radius 2 is 1.90 bits per heavy atom. The maximum absolute atomic E-state index is 12.5. The summed E-state index contributed by atoms with van der Waals surface area (Å²) < 4.78 is 7.07. The summed E-state index contributed by atoms with van der Waals surface area (Å²) in [5, 5.41) is 8.43. The van der Waals surface area contributed by atoms with Gasteiger partial charge in [-0.05, 0) is 55.8 Å². The van der Waals surface area contributed by atoms with Crippen molar-refractivity contribution in [3.8, 4) is 11.6 Å². The van der Waals surface area contributed by atoms with Crippen LogP contribution >= 0.6 is 0 Å². The third-order valence-corrected chi connectivity index (χ3v) is 4.50. The van der Waals surface area contributed by atoms with E-state index in [4.69, 9.17) is 4.74 Å². The Hall–Kier alpha value is -3.93. The van der Waals surface area contributed by atoms with E-state index in [2.05, 4.69) is 15.4 Å². The number of nitrogens with zero attached hydrogens (tertiary/aromatic N) is 3. The lowest BCUT2D eigenvalue weighted by atomic mass is 10.2. The first-order chi connectivity index (χ1) is 14.6. The quantitative estimate of drug-likeness (QED) is 0.475. The molecule has 150 valence electrons. The highest BCUT2D eigenvalue weighted by Gasteiger charge is 2.11. The molecule has 1 N–H and O–H groups in total. The van der Waals surface area contributed by atoms with E-state index in [1.54, 1.807) is 10.8 Å². The average molecular weight is 398 g/mol. The highest BCUT2D eigenvalue weighted by atomic mass is 16.5. The Morgan fingerprint density at radius 1 is 1.10 bits per heavy atom. The molecule has 0 atom stereocenters. The maximum atomic E-state index is 12.5. The van der Waals surface area contributed by atoms with E-state index in [-0.39, 0.29) is 5.91 Å². The van der Waals surface area contributed by atoms with Crippen LogP contribution in [-0.4, -0.2) is 27.3 Å². The van der Waals surface area contributed by atoms with Gasteiger partial charge in [0, 0.05) is 17.5 Å². The molecule has 0 saturated carbocycles. The van der Waals surface area contributed by atoms with E-state index < -0.39 is 0 Å². The van der Waals surface area contributed by atoms with Crippen LogP contribution in [0.5, 0.6) is 5.75 Å². The minimum atomic E-state index is -0.245. The number of para-hydroxylation sites is 1. The summed E-state index contributed by atoms with van der Waals surface area (Å²) in [4.78, 5) is 17.1. The second-order valence-corrected chi connectivity index (χ2v) is 6.77. The van der Waals surface area contributed by atoms with Crippen LogP contribution in [0.15, 0.2) is 72.8 Å². The van der Waals surface area contributed by atoms with Gasteiger partial charge in [-0.15, -0.1) is 0 Å². The summed E-state index contributed by atoms with van der Waals surface area (Å²) in [5.74, 6) is 1.77. The number of fused-ring (bicyclic) bond motifs is 1. The second kappa shape index (κ2) is 8.61. The van der Waals surface area contributed by atoms with Gasteiger partial charge in [-0.2, -0.15) is 9.78 Å². The summed E-state index contributed by atoms with van der Waals surface area (Å²) in [6.07, 6.45) is 3.25. The van der Waals surface area contributed by atoms with Crippen molar-refractivity contribution in [3.63, 3.8) is 0 Å². The molecule has 0 spiro atoms. The van der Waals surface area contributed by atoms with Crippen LogP contribution in [-0.2, 0) is 4.79 Å². The number of ether oxygens (including phenoxy) is 1. The Balaban J connectivity index is 1.52. The fraction of sp³-hybridized carbons (Fsp3) is 0.125. The van der Waals surface area contributed by atoms with Gasteiger partial charge < -0.3 is 10.1 Å². The van der Waals surface area contributed by atoms with Gasteiger partial charge in [-0.25, -0.2) is 4.98 Å². The van der Waals surface area contributed by atoms with Crippen molar-refractivity contribution in [3.05, 3.63) is 84.1 Å². The molecular formula is C24H22N4O2. The van der Waals surface area contributed by atoms with Gasteiger partial charge in [0.15, 0.2) is 5.82 Å². The van der Waals surface area contributed by atoms with Crippen molar-refractivity contribution in [2.24, 2.45) is 0 Å². The number of anilines is 1. The standard InChI is InChI=1S/C24H22N4O2/c1-3-30-20-12-8-18(9-13-20)10-15-24(29)26-23-16-17(2)27-28(23)22-14-11-19-6-4-5-7-21(19)25-22/h4-16H,3H2,1-2H3,(H,26,29)/b15-10+. The number of amides is 1. The Morgan fingerprint density at radius 3 is 2.70 bits per heavy atom. The largest absolute Gasteiger partial charge is 0.494 e. The normalized spacial score (nSPS) is 11.1. The van der Waals surface area contributed by atoms with Crippen LogP contribution in [0.4, 0.5) is 5.82 Å². The topological polar surface area (TPSA) is 69.0 Å². The molecule has 0 aliphatic carbocycles. The van der Waals surface area contributed by atoms with Gasteiger partial charge in [-0.1, -0.05) is 30.3 Å². The minimum absolute atomic E-state index is 0.245. The highest BCUT2D eigenvalue weighted by Crippen LogP contribution is 2.19. The number of pyridine rings is 1. The van der Waals surface area contributed by atoms with Crippen molar-refractivity contribution in [1.29, 1.82) is 0 Å². The van der Waals surface area contributed by atoms with E-state index in [1.807, 2.05) is 80.6 Å². The van der Waals surface area contributed by atoms with Gasteiger partial charge in [0.2, 0.25) is 5.91 Å². The van der Waals surface area contributed by atoms with Crippen molar-refractivity contribution >= 4 is 28.7 Å². The number of rotatable bonds is 6. The number of nitrogens with one attached hydrogen (secondary N) is 1. The van der Waals surface area contributed by atoms with Gasteiger partial charge in [0.1, 0.15) is 11.6 Å². The number of benzene rings is 2. The molecule has 6 heteroatoms. The molecule has 6 nitrogen and oxygen atoms in total.